The standard InChI is InChI=1S/C18H24ClNO2SSi.C17H24ClNOSSi.C11H10ClNOS.C7H9NO2S.C6H4BrCl.C5H5NOS.C4H9.Li/c1-12-16(20-15(11-21)23-12)17(13-8-7-9-14(19)10-13)22-24(5,6)18(2,3)4;1-12-15(19-11-21-12)16(13-8-7-9-14(18)10-13)20-22(5,6)17(2,3)4;1-7-10(13-6-15-7)11(14)8-3-2-4-9(12)5-8;1-3-10-7(9)6-5(2)11-4-8-6;7-5-2-1-3-6(8)4-5;1-4-5(2-7)6-3-8-4;1-3-4-2;/h7-11,17H,1-6H3;7-11,16H,1-6H3;2-6,11,14H,1H3;4H,3H2,1-2H3;1-4H;2-3H,1H3;1,3-4H2,2H3;/q;;;;;;-1;+1. The molecule has 0 bridgehead atoms. The van der Waals surface area contributed by atoms with E-state index in [1.807, 2.05) is 112 Å². The number of thiazole rings is 5. The predicted molar refractivity (Wildman–Crippen MR) is 399 cm³/mol. The third kappa shape index (κ3) is 28.4. The molecule has 0 saturated heterocycles. The Morgan fingerprint density at radius 1 is 0.591 bits per heavy atom. The van der Waals surface area contributed by atoms with Crippen LogP contribution < -0.4 is 18.9 Å². The van der Waals surface area contributed by atoms with Gasteiger partial charge in [0.15, 0.2) is 39.9 Å². The van der Waals surface area contributed by atoms with Crippen LogP contribution in [0.25, 0.3) is 0 Å². The molecule has 0 aliphatic carbocycles. The minimum atomic E-state index is -2.04. The van der Waals surface area contributed by atoms with E-state index in [1.165, 1.54) is 56.6 Å². The van der Waals surface area contributed by atoms with Crippen molar-refractivity contribution in [2.45, 2.75) is 157 Å². The van der Waals surface area contributed by atoms with Gasteiger partial charge < -0.3 is 25.6 Å². The number of aryl methyl sites for hydroxylation is 5. The number of halogens is 5. The molecule has 0 radical (unpaired) electrons. The van der Waals surface area contributed by atoms with E-state index >= 15 is 0 Å². The van der Waals surface area contributed by atoms with Gasteiger partial charge in [0.1, 0.15) is 24.0 Å². The molecular formula is C68H85BrCl4LiN5O7S5Si2. The first-order valence-electron chi connectivity index (χ1n) is 29.3. The van der Waals surface area contributed by atoms with E-state index in [0.717, 1.165) is 81.1 Å². The van der Waals surface area contributed by atoms with Crippen molar-refractivity contribution in [1.29, 1.82) is 0 Å². The summed E-state index contributed by atoms with van der Waals surface area (Å²) in [5, 5.41) is 13.6. The van der Waals surface area contributed by atoms with Crippen LogP contribution in [0.4, 0.5) is 0 Å². The molecule has 93 heavy (non-hydrogen) atoms. The number of nitrogens with zero attached hydrogens (tertiary/aromatic N) is 5. The zero-order valence-electron chi connectivity index (χ0n) is 56.3. The first kappa shape index (κ1) is 85.5. The van der Waals surface area contributed by atoms with E-state index in [2.05, 4.69) is 135 Å². The van der Waals surface area contributed by atoms with Crippen molar-refractivity contribution in [3.8, 4) is 0 Å². The number of hydrogen-bond donors (Lipinski definition) is 1. The maximum atomic E-state index is 11.1. The number of aliphatic hydroxyl groups excluding tert-OH is 1. The van der Waals surface area contributed by atoms with Crippen LogP contribution in [0.2, 0.25) is 56.4 Å². The molecule has 0 amide bonds. The van der Waals surface area contributed by atoms with Gasteiger partial charge in [0.05, 0.1) is 45.7 Å². The smallest absolute Gasteiger partial charge is 0.461 e. The van der Waals surface area contributed by atoms with Crippen LogP contribution in [0.15, 0.2) is 124 Å². The number of aldehydes is 2. The third-order valence-electron chi connectivity index (χ3n) is 14.4. The Hall–Kier alpha value is -3.61. The van der Waals surface area contributed by atoms with Crippen LogP contribution in [-0.4, -0.2) is 71.8 Å². The molecule has 3 atom stereocenters. The first-order valence-corrected chi connectivity index (χ1v) is 41.8. The van der Waals surface area contributed by atoms with E-state index in [-0.39, 0.29) is 47.1 Å². The molecule has 0 fully saturated rings. The number of hydrogen-bond acceptors (Lipinski definition) is 17. The zero-order valence-corrected chi connectivity index (χ0v) is 67.0. The largest absolute Gasteiger partial charge is 1.00 e. The van der Waals surface area contributed by atoms with Crippen LogP contribution in [0.3, 0.4) is 0 Å². The maximum absolute atomic E-state index is 11.1. The summed E-state index contributed by atoms with van der Waals surface area (Å²) in [6, 6.07) is 30.3. The fraction of sp³-hybridized carbons (Fsp3) is 0.368. The minimum Gasteiger partial charge on any atom is -0.461 e. The van der Waals surface area contributed by atoms with Crippen molar-refractivity contribution in [3.05, 3.63) is 225 Å². The summed E-state index contributed by atoms with van der Waals surface area (Å²) in [6.07, 6.45) is 2.70. The molecule has 5 heterocycles. The fourth-order valence-corrected chi connectivity index (χ4v) is 13.9. The number of aromatic nitrogens is 5. The second-order valence-corrected chi connectivity index (χ2v) is 41.1. The quantitative estimate of drug-likeness (QED) is 0.0448. The second kappa shape index (κ2) is 41.6. The van der Waals surface area contributed by atoms with Crippen LogP contribution in [0.1, 0.15) is 175 Å². The van der Waals surface area contributed by atoms with Gasteiger partial charge >= 0.3 is 24.8 Å². The van der Waals surface area contributed by atoms with Crippen molar-refractivity contribution >= 4 is 154 Å². The first-order chi connectivity index (χ1) is 43.1. The molecule has 9 rings (SSSR count). The number of ether oxygens (including phenoxy) is 1. The number of benzene rings is 4. The van der Waals surface area contributed by atoms with Crippen molar-refractivity contribution in [2.75, 3.05) is 6.61 Å². The Morgan fingerprint density at radius 2 is 1.00 bits per heavy atom. The summed E-state index contributed by atoms with van der Waals surface area (Å²) in [4.78, 5) is 58.2. The molecule has 3 unspecified atom stereocenters. The fourth-order valence-electron chi connectivity index (χ4n) is 7.13. The third-order valence-corrected chi connectivity index (χ3v) is 28.7. The van der Waals surface area contributed by atoms with E-state index in [0.29, 0.717) is 38.7 Å². The van der Waals surface area contributed by atoms with Crippen molar-refractivity contribution < 1.29 is 51.9 Å². The number of unbranched alkanes of at least 4 members (excludes halogenated alkanes) is 1. The van der Waals surface area contributed by atoms with Crippen LogP contribution >= 0.6 is 119 Å². The summed E-state index contributed by atoms with van der Waals surface area (Å²) in [6.45, 7) is 40.0. The molecule has 0 spiro atoms. The Bertz CT molecular complexity index is 3680. The van der Waals surface area contributed by atoms with Gasteiger partial charge in [0.2, 0.25) is 0 Å². The molecule has 12 nitrogen and oxygen atoms in total. The van der Waals surface area contributed by atoms with E-state index < -0.39 is 22.7 Å². The van der Waals surface area contributed by atoms with Gasteiger partial charge in [-0.15, -0.1) is 56.7 Å². The summed E-state index contributed by atoms with van der Waals surface area (Å²) in [7, 11) is -3.97. The Kier molecular flexibility index (Phi) is 38.2. The molecule has 5 aromatic heterocycles. The average Bonchev–Trinajstić information content (AvgIpc) is 1.79. The number of carbonyl (C=O) groups is 3. The SMILES string of the molecule is CCOC(=O)c1ncsc1C.Cc1sc(C=O)nc1C(O[Si](C)(C)C(C)(C)C)c1cccc(Cl)c1.Cc1scnc1C(O)c1cccc(Cl)c1.Cc1scnc1C(O[Si](C)(C)C(C)(C)C)c1cccc(Cl)c1.Cc1scnc1C=O.Clc1cccc(Br)c1.[CH2-]CCC.[Li+]. The van der Waals surface area contributed by atoms with E-state index in [4.69, 9.17) is 60.0 Å². The van der Waals surface area contributed by atoms with Gasteiger partial charge in [0.25, 0.3) is 0 Å². The van der Waals surface area contributed by atoms with Gasteiger partial charge in [-0.3, -0.25) is 9.59 Å². The van der Waals surface area contributed by atoms with Gasteiger partial charge in [-0.2, -0.15) is 6.42 Å². The second-order valence-electron chi connectivity index (χ2n) is 23.5. The van der Waals surface area contributed by atoms with E-state index in [1.54, 1.807) is 46.9 Å². The predicted octanol–water partition coefficient (Wildman–Crippen LogP) is 20.1. The molecule has 4 aromatic carbocycles. The van der Waals surface area contributed by atoms with Crippen molar-refractivity contribution in [1.82, 2.24) is 24.9 Å². The molecular weight excluding hydrogens is 1440 g/mol. The minimum absolute atomic E-state index is 0. The maximum Gasteiger partial charge on any atom is 1.00 e. The van der Waals surface area contributed by atoms with Crippen molar-refractivity contribution in [3.63, 3.8) is 0 Å². The van der Waals surface area contributed by atoms with Crippen LogP contribution in [0, 0.1) is 41.5 Å². The Morgan fingerprint density at radius 3 is 1.33 bits per heavy atom. The Balaban J connectivity index is 0.000000391. The van der Waals surface area contributed by atoms with Gasteiger partial charge in [-0.1, -0.05) is 160 Å². The summed E-state index contributed by atoms with van der Waals surface area (Å²) in [5.41, 5.74) is 13.3. The number of aliphatic hydroxyl groups is 1. The molecule has 0 aliphatic rings. The number of rotatable bonds is 15. The molecule has 498 valence electrons. The normalized spacial score (nSPS) is 12.0. The zero-order chi connectivity index (χ0) is 69.1. The topological polar surface area (TPSA) is 164 Å². The van der Waals surface area contributed by atoms with Crippen LogP contribution in [0.5, 0.6) is 0 Å². The van der Waals surface area contributed by atoms with Crippen molar-refractivity contribution in [2.24, 2.45) is 0 Å². The molecule has 25 heteroatoms. The molecule has 0 aliphatic heterocycles. The van der Waals surface area contributed by atoms with Crippen LogP contribution in [-0.2, 0) is 13.6 Å². The number of carbonyl (C=O) groups excluding carboxylic acids is 3. The van der Waals surface area contributed by atoms with Gasteiger partial charge in [0, 0.05) is 48.9 Å². The molecule has 1 N–H and O–H groups in total. The Labute approximate surface area is 614 Å². The van der Waals surface area contributed by atoms with E-state index in [9.17, 15) is 19.5 Å². The molecule has 0 saturated carbocycles. The number of esters is 1. The van der Waals surface area contributed by atoms with Gasteiger partial charge in [-0.25, -0.2) is 29.7 Å². The average molecular weight is 1530 g/mol. The molecule has 9 aromatic rings. The monoisotopic (exact) mass is 1530 g/mol. The summed E-state index contributed by atoms with van der Waals surface area (Å²) in [5.74, 6) is -0.328. The summed E-state index contributed by atoms with van der Waals surface area (Å²) >= 11 is 34.7. The van der Waals surface area contributed by atoms with Gasteiger partial charge in [-0.05, 0) is 149 Å². The summed E-state index contributed by atoms with van der Waals surface area (Å²) < 4.78 is 19.2.